The van der Waals surface area contributed by atoms with E-state index in [0.717, 1.165) is 11.1 Å². The van der Waals surface area contributed by atoms with E-state index < -0.39 is 18.3 Å². The Hall–Kier alpha value is -5.13. The Morgan fingerprint density at radius 2 is 1.19 bits per heavy atom. The molecule has 0 saturated carbocycles. The zero-order chi connectivity index (χ0) is 37.1. The first-order valence-electron chi connectivity index (χ1n) is 17.2. The van der Waals surface area contributed by atoms with Gasteiger partial charge in [-0.1, -0.05) is 32.0 Å². The van der Waals surface area contributed by atoms with Crippen LogP contribution in [0.15, 0.2) is 72.8 Å². The summed E-state index contributed by atoms with van der Waals surface area (Å²) >= 11 is 0. The van der Waals surface area contributed by atoms with E-state index in [-0.39, 0.29) is 36.6 Å². The molecular formula is C41H46O11. The molecule has 1 saturated heterocycles. The van der Waals surface area contributed by atoms with Gasteiger partial charge < -0.3 is 47.7 Å². The summed E-state index contributed by atoms with van der Waals surface area (Å²) in [5.41, 5.74) is 2.99. The molecule has 4 aromatic rings. The van der Waals surface area contributed by atoms with Crippen molar-refractivity contribution in [1.29, 1.82) is 0 Å². The fourth-order valence-corrected chi connectivity index (χ4v) is 6.74. The van der Waals surface area contributed by atoms with E-state index in [2.05, 4.69) is 13.8 Å². The molecule has 4 aromatic carbocycles. The third kappa shape index (κ3) is 7.29. The van der Waals surface area contributed by atoms with Crippen molar-refractivity contribution in [3.05, 3.63) is 95.1 Å². The molecule has 6 rings (SSSR count). The van der Waals surface area contributed by atoms with Crippen LogP contribution in [0.25, 0.3) is 0 Å². The Morgan fingerprint density at radius 3 is 1.79 bits per heavy atom. The third-order valence-corrected chi connectivity index (χ3v) is 9.95. The van der Waals surface area contributed by atoms with Gasteiger partial charge in [0.15, 0.2) is 52.1 Å². The number of hydrogen-bond acceptors (Lipinski definition) is 11. The number of aliphatic hydroxyl groups is 1. The number of Topliss-reactive ketones (excluding diaryl/α,β-unsaturated/α-hetero) is 1. The van der Waals surface area contributed by atoms with E-state index in [4.69, 9.17) is 42.6 Å². The van der Waals surface area contributed by atoms with Crippen LogP contribution in [0.2, 0.25) is 0 Å². The lowest BCUT2D eigenvalue weighted by Crippen LogP contribution is -2.24. The van der Waals surface area contributed by atoms with Gasteiger partial charge >= 0.3 is 0 Å². The standard InChI is InChI=1S/C41H46O11/c1-22-23(2)41(29-12-16-33(36(20-29)47-8)51-25(4)39(43)27-10-14-31-37(18-27)49-21-48-31)52-40(22)28-11-15-32(35(19-28)46-7)50-24(3)38(42)26-9-13-30(44-5)34(17-26)45-6/h9-20,22-25,38,40-42H,21H2,1-8H3/t22-,23-,24-,25+,38+,40+,41+/m1/s1. The number of rotatable bonds is 14. The van der Waals surface area contributed by atoms with Crippen molar-refractivity contribution >= 4 is 5.78 Å². The van der Waals surface area contributed by atoms with Crippen LogP contribution in [0.1, 0.15) is 73.1 Å². The molecule has 0 bridgehead atoms. The summed E-state index contributed by atoms with van der Waals surface area (Å²) in [6.07, 6.45) is -2.76. The Kier molecular flexibility index (Phi) is 11.0. The van der Waals surface area contributed by atoms with Gasteiger partial charge in [0.05, 0.1) is 40.6 Å². The fourth-order valence-electron chi connectivity index (χ4n) is 6.74. The number of aliphatic hydroxyl groups excluding tert-OH is 1. The lowest BCUT2D eigenvalue weighted by atomic mass is 9.85. The van der Waals surface area contributed by atoms with Gasteiger partial charge in [0, 0.05) is 5.56 Å². The van der Waals surface area contributed by atoms with Crippen LogP contribution < -0.4 is 37.9 Å². The van der Waals surface area contributed by atoms with Gasteiger partial charge in [-0.15, -0.1) is 0 Å². The van der Waals surface area contributed by atoms with Crippen molar-refractivity contribution in [2.24, 2.45) is 11.8 Å². The summed E-state index contributed by atoms with van der Waals surface area (Å²) in [4.78, 5) is 13.2. The number of fused-ring (bicyclic) bond motifs is 1. The van der Waals surface area contributed by atoms with Gasteiger partial charge in [-0.25, -0.2) is 0 Å². The van der Waals surface area contributed by atoms with Gasteiger partial charge in [0.2, 0.25) is 12.6 Å². The molecule has 1 fully saturated rings. The molecule has 2 aliphatic rings. The highest BCUT2D eigenvalue weighted by Gasteiger charge is 2.41. The van der Waals surface area contributed by atoms with E-state index in [1.165, 1.54) is 0 Å². The third-order valence-electron chi connectivity index (χ3n) is 9.95. The average Bonchev–Trinajstić information content (AvgIpc) is 3.77. The molecule has 276 valence electrons. The van der Waals surface area contributed by atoms with Crippen LogP contribution in [0.3, 0.4) is 0 Å². The summed E-state index contributed by atoms with van der Waals surface area (Å²) in [7, 11) is 6.28. The average molecular weight is 715 g/mol. The largest absolute Gasteiger partial charge is 0.493 e. The molecule has 1 N–H and O–H groups in total. The van der Waals surface area contributed by atoms with Crippen LogP contribution in [-0.4, -0.2) is 58.3 Å². The fraction of sp³-hybridized carbons (Fsp3) is 0.390. The van der Waals surface area contributed by atoms with Crippen molar-refractivity contribution in [2.75, 3.05) is 35.2 Å². The quantitative estimate of drug-likeness (QED) is 0.130. The maximum Gasteiger partial charge on any atom is 0.231 e. The molecule has 11 heteroatoms. The molecule has 2 heterocycles. The lowest BCUT2D eigenvalue weighted by molar-refractivity contribution is 0.0284. The van der Waals surface area contributed by atoms with E-state index in [0.29, 0.717) is 57.1 Å². The Morgan fingerprint density at radius 1 is 0.654 bits per heavy atom. The number of hydrogen-bond donors (Lipinski definition) is 1. The van der Waals surface area contributed by atoms with E-state index in [1.54, 1.807) is 78.7 Å². The molecule has 0 aromatic heterocycles. The first-order chi connectivity index (χ1) is 25.1. The normalized spacial score (nSPS) is 20.8. The van der Waals surface area contributed by atoms with Crippen LogP contribution in [0.5, 0.6) is 46.0 Å². The number of ether oxygens (including phenoxy) is 9. The second-order valence-corrected chi connectivity index (χ2v) is 13.1. The van der Waals surface area contributed by atoms with Crippen molar-refractivity contribution < 1.29 is 52.5 Å². The SMILES string of the molecule is COc1ccc([C@@H](O)[C@@H](C)Oc2ccc([C@H]3O[C@H](c4ccc(O[C@@H](C)C(=O)c5ccc6c(c5)OCO6)c(OC)c4)[C@H](C)[C@H]3C)cc2OC)cc1OC. The highest BCUT2D eigenvalue weighted by Crippen LogP contribution is 2.51. The smallest absolute Gasteiger partial charge is 0.231 e. The topological polar surface area (TPSA) is 120 Å². The van der Waals surface area contributed by atoms with Crippen molar-refractivity contribution in [1.82, 2.24) is 0 Å². The van der Waals surface area contributed by atoms with E-state index >= 15 is 0 Å². The summed E-state index contributed by atoms with van der Waals surface area (Å²) in [6, 6.07) is 21.8. The Balaban J connectivity index is 1.14. The van der Waals surface area contributed by atoms with Crippen LogP contribution in [0.4, 0.5) is 0 Å². The van der Waals surface area contributed by atoms with Crippen LogP contribution in [-0.2, 0) is 4.74 Å². The predicted molar refractivity (Wildman–Crippen MR) is 192 cm³/mol. The van der Waals surface area contributed by atoms with Crippen LogP contribution in [0, 0.1) is 11.8 Å². The highest BCUT2D eigenvalue weighted by atomic mass is 16.7. The zero-order valence-electron chi connectivity index (χ0n) is 30.7. The monoisotopic (exact) mass is 714 g/mol. The number of carbonyl (C=O) groups excluding carboxylic acids is 1. The molecule has 0 aliphatic carbocycles. The van der Waals surface area contributed by atoms with Gasteiger partial charge in [-0.05, 0) is 97.0 Å². The van der Waals surface area contributed by atoms with Crippen molar-refractivity contribution in [2.45, 2.75) is 58.2 Å². The summed E-state index contributed by atoms with van der Waals surface area (Å²) in [5, 5.41) is 11.1. The minimum atomic E-state index is -0.934. The maximum atomic E-state index is 13.2. The lowest BCUT2D eigenvalue weighted by Gasteiger charge is -2.24. The van der Waals surface area contributed by atoms with E-state index in [1.807, 2.05) is 36.4 Å². The maximum absolute atomic E-state index is 13.2. The Bertz CT molecular complexity index is 1890. The van der Waals surface area contributed by atoms with Crippen molar-refractivity contribution in [3.63, 3.8) is 0 Å². The van der Waals surface area contributed by atoms with Crippen LogP contribution >= 0.6 is 0 Å². The molecule has 0 unspecified atom stereocenters. The molecule has 0 amide bonds. The summed E-state index contributed by atoms with van der Waals surface area (Å²) in [6.45, 7) is 7.98. The molecule has 2 aliphatic heterocycles. The summed E-state index contributed by atoms with van der Waals surface area (Å²) in [5.74, 6) is 4.36. The minimum Gasteiger partial charge on any atom is -0.493 e. The Labute approximate surface area is 304 Å². The molecule has 11 nitrogen and oxygen atoms in total. The molecule has 52 heavy (non-hydrogen) atoms. The number of benzene rings is 4. The van der Waals surface area contributed by atoms with Crippen molar-refractivity contribution in [3.8, 4) is 46.0 Å². The van der Waals surface area contributed by atoms with E-state index in [9.17, 15) is 9.90 Å². The molecule has 7 atom stereocenters. The molecular weight excluding hydrogens is 668 g/mol. The first kappa shape index (κ1) is 36.7. The summed E-state index contributed by atoms with van der Waals surface area (Å²) < 4.78 is 52.0. The minimum absolute atomic E-state index is 0.134. The van der Waals surface area contributed by atoms with Gasteiger partial charge in [-0.3, -0.25) is 4.79 Å². The first-order valence-corrected chi connectivity index (χ1v) is 17.2. The molecule has 0 spiro atoms. The highest BCUT2D eigenvalue weighted by molar-refractivity contribution is 6.00. The number of ketones is 1. The van der Waals surface area contributed by atoms with Gasteiger partial charge in [0.25, 0.3) is 0 Å². The zero-order valence-corrected chi connectivity index (χ0v) is 30.7. The predicted octanol–water partition coefficient (Wildman–Crippen LogP) is 7.69. The number of carbonyl (C=O) groups is 1. The van der Waals surface area contributed by atoms with Gasteiger partial charge in [0.1, 0.15) is 12.2 Å². The second-order valence-electron chi connectivity index (χ2n) is 13.1. The van der Waals surface area contributed by atoms with Gasteiger partial charge in [-0.2, -0.15) is 0 Å². The molecule has 0 radical (unpaired) electrons. The second kappa shape index (κ2) is 15.6. The number of methoxy groups -OCH3 is 4.